The van der Waals surface area contributed by atoms with E-state index < -0.39 is 0 Å². The van der Waals surface area contributed by atoms with E-state index in [2.05, 4.69) is 22.8 Å². The van der Waals surface area contributed by atoms with Crippen molar-refractivity contribution in [3.63, 3.8) is 0 Å². The molecule has 0 spiro atoms. The highest BCUT2D eigenvalue weighted by Crippen LogP contribution is 2.08. The lowest BCUT2D eigenvalue weighted by atomic mass is 10.0. The molecule has 0 bridgehead atoms. The lowest BCUT2D eigenvalue weighted by molar-refractivity contribution is -0.900. The molecule has 1 saturated heterocycles. The molecule has 116 valence electrons. The van der Waals surface area contributed by atoms with Gasteiger partial charge in [-0.1, -0.05) is 6.92 Å². The number of carbonyl (C=O) groups is 2. The van der Waals surface area contributed by atoms with Crippen LogP contribution in [0, 0.1) is 12.8 Å². The zero-order valence-corrected chi connectivity index (χ0v) is 13.4. The van der Waals surface area contributed by atoms with Crippen molar-refractivity contribution in [1.82, 2.24) is 15.8 Å². The first-order valence-corrected chi connectivity index (χ1v) is 8.23. The second-order valence-corrected chi connectivity index (χ2v) is 6.73. The number of hydrogen-bond acceptors (Lipinski definition) is 4. The van der Waals surface area contributed by atoms with Gasteiger partial charge < -0.3 is 4.90 Å². The number of quaternary nitrogens is 1. The number of nitrogens with zero attached hydrogens (tertiary/aromatic N) is 1. The molecule has 1 aliphatic rings. The highest BCUT2D eigenvalue weighted by molar-refractivity contribution is 7.09. The van der Waals surface area contributed by atoms with Crippen LogP contribution in [0.15, 0.2) is 5.38 Å². The second-order valence-electron chi connectivity index (χ2n) is 5.78. The van der Waals surface area contributed by atoms with Gasteiger partial charge in [-0.2, -0.15) is 0 Å². The van der Waals surface area contributed by atoms with Crippen molar-refractivity contribution in [1.29, 1.82) is 0 Å². The van der Waals surface area contributed by atoms with Crippen LogP contribution >= 0.6 is 11.3 Å². The molecular weight excluding hydrogens is 288 g/mol. The normalized spacial score (nSPS) is 21.8. The van der Waals surface area contributed by atoms with E-state index in [0.717, 1.165) is 23.8 Å². The number of aromatic nitrogens is 1. The van der Waals surface area contributed by atoms with E-state index in [1.54, 1.807) is 0 Å². The molecule has 3 N–H and O–H groups in total. The Morgan fingerprint density at radius 2 is 2.19 bits per heavy atom. The largest absolute Gasteiger partial charge is 0.327 e. The van der Waals surface area contributed by atoms with E-state index in [4.69, 9.17) is 0 Å². The van der Waals surface area contributed by atoms with Gasteiger partial charge in [0.2, 0.25) is 5.91 Å². The molecule has 1 aromatic heterocycles. The molecule has 2 amide bonds. The van der Waals surface area contributed by atoms with Gasteiger partial charge >= 0.3 is 0 Å². The minimum absolute atomic E-state index is 0.136. The van der Waals surface area contributed by atoms with Crippen molar-refractivity contribution in [2.45, 2.75) is 33.1 Å². The molecule has 1 unspecified atom stereocenters. The number of hydrazine groups is 1. The van der Waals surface area contributed by atoms with Crippen molar-refractivity contribution in [3.8, 4) is 0 Å². The first kappa shape index (κ1) is 15.9. The van der Waals surface area contributed by atoms with E-state index in [1.165, 1.54) is 29.1 Å². The van der Waals surface area contributed by atoms with Gasteiger partial charge in [-0.05, 0) is 19.8 Å². The summed E-state index contributed by atoms with van der Waals surface area (Å²) in [4.78, 5) is 29.0. The predicted octanol–water partition coefficient (Wildman–Crippen LogP) is -0.544. The molecule has 1 aromatic rings. The summed E-state index contributed by atoms with van der Waals surface area (Å²) in [5.74, 6) is 0.298. The molecule has 0 radical (unpaired) electrons. The summed E-state index contributed by atoms with van der Waals surface area (Å²) < 4.78 is 0. The fourth-order valence-corrected chi connectivity index (χ4v) is 3.40. The number of nitrogens with one attached hydrogen (secondary N) is 3. The second kappa shape index (κ2) is 7.51. The number of piperidine rings is 1. The number of carbonyl (C=O) groups excluding carboxylic acids is 2. The van der Waals surface area contributed by atoms with Crippen LogP contribution in [0.1, 0.15) is 30.5 Å². The molecule has 6 nitrogen and oxygen atoms in total. The van der Waals surface area contributed by atoms with Gasteiger partial charge in [-0.3, -0.25) is 20.4 Å². The number of hydrogen-bond donors (Lipinski definition) is 3. The van der Waals surface area contributed by atoms with Crippen LogP contribution in [0.5, 0.6) is 0 Å². The highest BCUT2D eigenvalue weighted by Gasteiger charge is 2.22. The Labute approximate surface area is 128 Å². The maximum absolute atomic E-state index is 11.8. The van der Waals surface area contributed by atoms with E-state index in [-0.39, 0.29) is 18.2 Å². The van der Waals surface area contributed by atoms with Crippen molar-refractivity contribution >= 4 is 23.2 Å². The summed E-state index contributed by atoms with van der Waals surface area (Å²) in [7, 11) is 0. The molecule has 1 aliphatic heterocycles. The first-order chi connectivity index (χ1) is 10.0. The Hall–Kier alpha value is -1.47. The fourth-order valence-electron chi connectivity index (χ4n) is 2.63. The van der Waals surface area contributed by atoms with Gasteiger partial charge in [-0.25, -0.2) is 4.98 Å². The Morgan fingerprint density at radius 3 is 2.86 bits per heavy atom. The van der Waals surface area contributed by atoms with E-state index in [9.17, 15) is 9.59 Å². The average Bonchev–Trinajstić information content (AvgIpc) is 2.82. The standard InChI is InChI=1S/C14H22N4O2S/c1-10-4-3-5-18(7-10)8-13(20)17-16-12(19)6-14-15-11(2)9-21-14/h9-10H,3-8H2,1-2H3,(H,16,19)(H,17,20)/p+1/t10-/m0/s1. The van der Waals surface area contributed by atoms with Gasteiger partial charge in [0.25, 0.3) is 5.91 Å². The monoisotopic (exact) mass is 311 g/mol. The maximum Gasteiger partial charge on any atom is 0.293 e. The lowest BCUT2D eigenvalue weighted by Crippen LogP contribution is -3.14. The van der Waals surface area contributed by atoms with Crippen LogP contribution in [-0.4, -0.2) is 36.4 Å². The zero-order chi connectivity index (χ0) is 15.2. The van der Waals surface area contributed by atoms with Gasteiger partial charge in [0, 0.05) is 17.0 Å². The third-order valence-corrected chi connectivity index (χ3v) is 4.56. The van der Waals surface area contributed by atoms with E-state index >= 15 is 0 Å². The summed E-state index contributed by atoms with van der Waals surface area (Å²) in [6.07, 6.45) is 2.61. The summed E-state index contributed by atoms with van der Waals surface area (Å²) >= 11 is 1.45. The predicted molar refractivity (Wildman–Crippen MR) is 80.8 cm³/mol. The number of aryl methyl sites for hydroxylation is 1. The Balaban J connectivity index is 1.67. The zero-order valence-electron chi connectivity index (χ0n) is 12.6. The van der Waals surface area contributed by atoms with Gasteiger partial charge in [0.05, 0.1) is 19.5 Å². The molecule has 2 atom stereocenters. The minimum atomic E-state index is -0.236. The van der Waals surface area contributed by atoms with Crippen LogP contribution in [0.25, 0.3) is 0 Å². The Kier molecular flexibility index (Phi) is 5.69. The van der Waals surface area contributed by atoms with Gasteiger partial charge in [0.15, 0.2) is 6.54 Å². The van der Waals surface area contributed by atoms with Gasteiger partial charge in [0.1, 0.15) is 5.01 Å². The SMILES string of the molecule is Cc1csc(CC(=O)NNC(=O)C[NH+]2CCC[C@H](C)C2)n1. The molecule has 0 saturated carbocycles. The topological polar surface area (TPSA) is 75.5 Å². The average molecular weight is 311 g/mol. The number of amides is 2. The molecule has 7 heteroatoms. The molecule has 0 aliphatic carbocycles. The quantitative estimate of drug-likeness (QED) is 0.654. The third kappa shape index (κ3) is 5.43. The Bertz CT molecular complexity index is 503. The van der Waals surface area contributed by atoms with Crippen LogP contribution in [0.4, 0.5) is 0 Å². The first-order valence-electron chi connectivity index (χ1n) is 7.35. The lowest BCUT2D eigenvalue weighted by Gasteiger charge is -2.27. The molecule has 2 rings (SSSR count). The van der Waals surface area contributed by atoms with Crippen molar-refractivity contribution in [3.05, 3.63) is 16.1 Å². The Morgan fingerprint density at radius 1 is 1.43 bits per heavy atom. The van der Waals surface area contributed by atoms with Crippen molar-refractivity contribution in [2.24, 2.45) is 5.92 Å². The number of thiazole rings is 1. The maximum atomic E-state index is 11.8. The van der Waals surface area contributed by atoms with Crippen LogP contribution in [-0.2, 0) is 16.0 Å². The summed E-state index contributed by atoms with van der Waals surface area (Å²) in [5.41, 5.74) is 5.86. The molecule has 1 fully saturated rings. The van der Waals surface area contributed by atoms with Crippen LogP contribution < -0.4 is 15.8 Å². The molecule has 0 aromatic carbocycles. The number of likely N-dealkylation sites (tertiary alicyclic amines) is 1. The van der Waals surface area contributed by atoms with E-state index in [0.29, 0.717) is 12.5 Å². The highest BCUT2D eigenvalue weighted by atomic mass is 32.1. The number of rotatable bonds is 4. The molecule has 2 heterocycles. The summed E-state index contributed by atoms with van der Waals surface area (Å²) in [6.45, 7) is 6.59. The summed E-state index contributed by atoms with van der Waals surface area (Å²) in [5, 5.41) is 2.66. The molecular formula is C14H23N4O2S+. The van der Waals surface area contributed by atoms with Crippen molar-refractivity contribution < 1.29 is 14.5 Å². The summed E-state index contributed by atoms with van der Waals surface area (Å²) in [6, 6.07) is 0. The van der Waals surface area contributed by atoms with Crippen molar-refractivity contribution in [2.75, 3.05) is 19.6 Å². The minimum Gasteiger partial charge on any atom is -0.327 e. The van der Waals surface area contributed by atoms with Crippen LogP contribution in [0.2, 0.25) is 0 Å². The van der Waals surface area contributed by atoms with Gasteiger partial charge in [-0.15, -0.1) is 11.3 Å². The molecule has 21 heavy (non-hydrogen) atoms. The van der Waals surface area contributed by atoms with E-state index in [1.807, 2.05) is 12.3 Å². The fraction of sp³-hybridized carbons (Fsp3) is 0.643. The third-order valence-electron chi connectivity index (χ3n) is 3.59. The smallest absolute Gasteiger partial charge is 0.293 e. The van der Waals surface area contributed by atoms with Crippen LogP contribution in [0.3, 0.4) is 0 Å².